The SMILES string of the molecule is Brc1ccc(C23CCCC(C2)N3)cc1. The number of nitrogens with one attached hydrogen (secondary N) is 1. The van der Waals surface area contributed by atoms with Gasteiger partial charge < -0.3 is 5.32 Å². The lowest BCUT2D eigenvalue weighted by atomic mass is 9.67. The van der Waals surface area contributed by atoms with Crippen LogP contribution in [0, 0.1) is 0 Å². The topological polar surface area (TPSA) is 12.0 Å². The molecule has 3 fully saturated rings. The first kappa shape index (κ1) is 8.93. The fourth-order valence-electron chi connectivity index (χ4n) is 2.90. The van der Waals surface area contributed by atoms with Crippen molar-refractivity contribution in [1.29, 1.82) is 0 Å². The van der Waals surface area contributed by atoms with E-state index in [9.17, 15) is 0 Å². The van der Waals surface area contributed by atoms with Gasteiger partial charge in [-0.3, -0.25) is 0 Å². The highest BCUT2D eigenvalue weighted by Crippen LogP contribution is 2.45. The molecule has 1 aromatic rings. The second kappa shape index (κ2) is 3.07. The van der Waals surface area contributed by atoms with Crippen molar-refractivity contribution in [3.8, 4) is 0 Å². The normalized spacial score (nSPS) is 35.1. The van der Waals surface area contributed by atoms with Crippen molar-refractivity contribution < 1.29 is 0 Å². The maximum Gasteiger partial charge on any atom is 0.0451 e. The van der Waals surface area contributed by atoms with Crippen molar-refractivity contribution in [2.45, 2.75) is 37.3 Å². The van der Waals surface area contributed by atoms with E-state index in [2.05, 4.69) is 45.5 Å². The lowest BCUT2D eigenvalue weighted by Gasteiger charge is -2.54. The Kier molecular flexibility index (Phi) is 1.96. The minimum Gasteiger partial charge on any atom is -0.304 e. The van der Waals surface area contributed by atoms with Crippen LogP contribution in [-0.2, 0) is 5.54 Å². The zero-order valence-electron chi connectivity index (χ0n) is 8.09. The molecule has 3 aliphatic rings. The first-order valence-corrected chi connectivity index (χ1v) is 6.12. The molecule has 1 N–H and O–H groups in total. The van der Waals surface area contributed by atoms with E-state index in [-0.39, 0.29) is 0 Å². The van der Waals surface area contributed by atoms with Crippen molar-refractivity contribution in [3.63, 3.8) is 0 Å². The summed E-state index contributed by atoms with van der Waals surface area (Å²) < 4.78 is 1.17. The summed E-state index contributed by atoms with van der Waals surface area (Å²) in [4.78, 5) is 0. The van der Waals surface area contributed by atoms with E-state index < -0.39 is 0 Å². The number of rotatable bonds is 1. The molecule has 1 aromatic carbocycles. The van der Waals surface area contributed by atoms with Crippen LogP contribution in [-0.4, -0.2) is 6.04 Å². The first-order chi connectivity index (χ1) is 6.78. The van der Waals surface area contributed by atoms with Gasteiger partial charge in [0.15, 0.2) is 0 Å². The number of benzene rings is 1. The average molecular weight is 252 g/mol. The van der Waals surface area contributed by atoms with Gasteiger partial charge in [-0.1, -0.05) is 28.1 Å². The molecule has 0 radical (unpaired) electrons. The highest BCUT2D eigenvalue weighted by atomic mass is 79.9. The van der Waals surface area contributed by atoms with E-state index in [1.165, 1.54) is 35.7 Å². The van der Waals surface area contributed by atoms with Gasteiger partial charge in [-0.2, -0.15) is 0 Å². The van der Waals surface area contributed by atoms with Crippen LogP contribution in [0.2, 0.25) is 0 Å². The zero-order chi connectivity index (χ0) is 9.60. The van der Waals surface area contributed by atoms with Crippen LogP contribution >= 0.6 is 15.9 Å². The summed E-state index contributed by atoms with van der Waals surface area (Å²) >= 11 is 3.48. The predicted octanol–water partition coefficient (Wildman–Crippen LogP) is 3.19. The van der Waals surface area contributed by atoms with Crippen molar-refractivity contribution in [1.82, 2.24) is 5.32 Å². The van der Waals surface area contributed by atoms with Crippen molar-refractivity contribution >= 4 is 15.9 Å². The van der Waals surface area contributed by atoms with Gasteiger partial charge in [-0.15, -0.1) is 0 Å². The summed E-state index contributed by atoms with van der Waals surface area (Å²) in [5.41, 5.74) is 1.81. The van der Waals surface area contributed by atoms with E-state index in [4.69, 9.17) is 0 Å². The van der Waals surface area contributed by atoms with E-state index in [0.717, 1.165) is 6.04 Å². The number of halogens is 1. The van der Waals surface area contributed by atoms with Crippen LogP contribution < -0.4 is 5.32 Å². The number of hydrogen-bond donors (Lipinski definition) is 1. The Hall–Kier alpha value is -0.340. The highest BCUT2D eigenvalue weighted by Gasteiger charge is 2.47. The molecule has 2 aliphatic heterocycles. The van der Waals surface area contributed by atoms with Crippen molar-refractivity contribution in [3.05, 3.63) is 34.3 Å². The zero-order valence-corrected chi connectivity index (χ0v) is 9.68. The number of hydrogen-bond acceptors (Lipinski definition) is 1. The Bertz CT molecular complexity index is 332. The second-order valence-electron chi connectivity index (χ2n) is 4.53. The highest BCUT2D eigenvalue weighted by molar-refractivity contribution is 9.10. The second-order valence-corrected chi connectivity index (χ2v) is 5.44. The third-order valence-corrected chi connectivity index (χ3v) is 4.16. The largest absolute Gasteiger partial charge is 0.304 e. The van der Waals surface area contributed by atoms with Gasteiger partial charge in [0.2, 0.25) is 0 Å². The maximum absolute atomic E-state index is 3.71. The Labute approximate surface area is 93.0 Å². The lowest BCUT2D eigenvalue weighted by molar-refractivity contribution is 0.0688. The standard InChI is InChI=1S/C12H14BrN/c13-10-5-3-9(4-6-10)12-7-1-2-11(8-12)14-12/h3-6,11,14H,1-2,7-8H2. The fourth-order valence-corrected chi connectivity index (χ4v) is 3.17. The summed E-state index contributed by atoms with van der Waals surface area (Å²) in [5.74, 6) is 0. The first-order valence-electron chi connectivity index (χ1n) is 5.32. The van der Waals surface area contributed by atoms with E-state index in [0.29, 0.717) is 5.54 Å². The van der Waals surface area contributed by atoms with Crippen LogP contribution in [0.4, 0.5) is 0 Å². The summed E-state index contributed by atoms with van der Waals surface area (Å²) in [6.45, 7) is 0. The smallest absolute Gasteiger partial charge is 0.0451 e. The van der Waals surface area contributed by atoms with Gasteiger partial charge in [0.1, 0.15) is 0 Å². The molecule has 1 nitrogen and oxygen atoms in total. The Morgan fingerprint density at radius 2 is 2.00 bits per heavy atom. The fraction of sp³-hybridized carbons (Fsp3) is 0.500. The molecule has 14 heavy (non-hydrogen) atoms. The molecule has 2 unspecified atom stereocenters. The summed E-state index contributed by atoms with van der Waals surface area (Å²) in [6, 6.07) is 9.59. The van der Waals surface area contributed by atoms with Gasteiger partial charge in [-0.25, -0.2) is 0 Å². The minimum absolute atomic E-state index is 0.337. The monoisotopic (exact) mass is 251 g/mol. The molecule has 0 aromatic heterocycles. The molecule has 2 heterocycles. The van der Waals surface area contributed by atoms with Crippen LogP contribution in [0.1, 0.15) is 31.2 Å². The van der Waals surface area contributed by atoms with Crippen molar-refractivity contribution in [2.24, 2.45) is 0 Å². The molecule has 0 amide bonds. The molecule has 4 rings (SSSR count). The predicted molar refractivity (Wildman–Crippen MR) is 61.2 cm³/mol. The summed E-state index contributed by atoms with van der Waals surface area (Å²) in [7, 11) is 0. The molecule has 2 atom stereocenters. The average Bonchev–Trinajstić information content (AvgIpc) is 2.18. The molecule has 1 aliphatic carbocycles. The lowest BCUT2D eigenvalue weighted by Crippen LogP contribution is -2.63. The van der Waals surface area contributed by atoms with Gasteiger partial charge in [-0.05, 0) is 43.4 Å². The van der Waals surface area contributed by atoms with E-state index >= 15 is 0 Å². The molecular weight excluding hydrogens is 238 g/mol. The van der Waals surface area contributed by atoms with Crippen LogP contribution in [0.15, 0.2) is 28.7 Å². The van der Waals surface area contributed by atoms with E-state index in [1.54, 1.807) is 0 Å². The quantitative estimate of drug-likeness (QED) is 0.809. The van der Waals surface area contributed by atoms with Crippen LogP contribution in [0.25, 0.3) is 0 Å². The summed E-state index contributed by atoms with van der Waals surface area (Å²) in [5, 5.41) is 3.71. The molecular formula is C12H14BrN. The molecule has 0 spiro atoms. The molecule has 2 bridgehead atoms. The Balaban J connectivity index is 1.91. The molecule has 2 saturated heterocycles. The molecule has 74 valence electrons. The third-order valence-electron chi connectivity index (χ3n) is 3.63. The van der Waals surface area contributed by atoms with Gasteiger partial charge >= 0.3 is 0 Å². The van der Waals surface area contributed by atoms with Crippen LogP contribution in [0.3, 0.4) is 0 Å². The summed E-state index contributed by atoms with van der Waals surface area (Å²) in [6.07, 6.45) is 5.41. The van der Waals surface area contributed by atoms with Crippen LogP contribution in [0.5, 0.6) is 0 Å². The number of piperidine rings is 1. The van der Waals surface area contributed by atoms with Gasteiger partial charge in [0, 0.05) is 16.1 Å². The van der Waals surface area contributed by atoms with Gasteiger partial charge in [0.25, 0.3) is 0 Å². The minimum atomic E-state index is 0.337. The Morgan fingerprint density at radius 1 is 1.29 bits per heavy atom. The molecule has 1 saturated carbocycles. The number of fused-ring (bicyclic) bond motifs is 2. The van der Waals surface area contributed by atoms with Crippen molar-refractivity contribution in [2.75, 3.05) is 0 Å². The maximum atomic E-state index is 3.71. The van der Waals surface area contributed by atoms with E-state index in [1.807, 2.05) is 0 Å². The van der Waals surface area contributed by atoms with Gasteiger partial charge in [0.05, 0.1) is 0 Å². The molecule has 2 heteroatoms. The third kappa shape index (κ3) is 1.24. The Morgan fingerprint density at radius 3 is 2.57 bits per heavy atom.